The van der Waals surface area contributed by atoms with Gasteiger partial charge in [-0.05, 0) is 50.8 Å². The van der Waals surface area contributed by atoms with Gasteiger partial charge >= 0.3 is 0 Å². The second-order valence-corrected chi connectivity index (χ2v) is 8.78. The van der Waals surface area contributed by atoms with E-state index in [-0.39, 0.29) is 24.3 Å². The first-order valence-electron chi connectivity index (χ1n) is 10.5. The normalized spacial score (nSPS) is 17.9. The van der Waals surface area contributed by atoms with Crippen LogP contribution in [0.1, 0.15) is 45.7 Å². The summed E-state index contributed by atoms with van der Waals surface area (Å²) in [6, 6.07) is 7.18. The maximum atomic E-state index is 13.5. The van der Waals surface area contributed by atoms with Crippen molar-refractivity contribution in [2.24, 2.45) is 4.99 Å². The fraction of sp³-hybridized carbons (Fsp3) is 0.435. The number of carbonyl (C=O) groups excluding carboxylic acids is 2. The van der Waals surface area contributed by atoms with Crippen molar-refractivity contribution in [1.82, 2.24) is 14.7 Å². The Morgan fingerprint density at radius 2 is 1.90 bits per heavy atom. The molecule has 0 spiro atoms. The quantitative estimate of drug-likeness (QED) is 0.594. The zero-order chi connectivity index (χ0) is 22.7. The predicted octanol–water partition coefficient (Wildman–Crippen LogP) is 4.65. The lowest BCUT2D eigenvalue weighted by atomic mass is 9.92. The standard InChI is InChI=1S/C23H29ClN4O2S/c1-6-26(5)19(29)13-18-14-31-23-25-15(4)20(22(30)27(7-2)8-3)21(28(18)23)16-10-9-11-17(24)12-16/h9-12,14,21H,6-8,13H2,1-5H3. The average Bonchev–Trinajstić information content (AvgIpc) is 3.14. The molecule has 0 bridgehead atoms. The third-order valence-corrected chi connectivity index (χ3v) is 6.80. The van der Waals surface area contributed by atoms with Crippen LogP contribution in [0.4, 0.5) is 0 Å². The molecule has 0 aromatic heterocycles. The Labute approximate surface area is 193 Å². The summed E-state index contributed by atoms with van der Waals surface area (Å²) >= 11 is 7.81. The molecule has 8 heteroatoms. The van der Waals surface area contributed by atoms with Gasteiger partial charge in [-0.1, -0.05) is 35.5 Å². The summed E-state index contributed by atoms with van der Waals surface area (Å²) in [5.74, 6) is -0.00753. The number of aliphatic imine (C=N–C) groups is 1. The number of amidine groups is 1. The van der Waals surface area contributed by atoms with Gasteiger partial charge in [-0.2, -0.15) is 0 Å². The molecule has 6 nitrogen and oxygen atoms in total. The molecule has 0 fully saturated rings. The Morgan fingerprint density at radius 1 is 1.19 bits per heavy atom. The Kier molecular flexibility index (Phi) is 7.49. The third-order valence-electron chi connectivity index (χ3n) is 5.68. The minimum atomic E-state index is -0.389. The van der Waals surface area contributed by atoms with Gasteiger partial charge in [0.15, 0.2) is 5.17 Å². The minimum absolute atomic E-state index is 0.0309. The number of rotatable bonds is 7. The summed E-state index contributed by atoms with van der Waals surface area (Å²) in [6.45, 7) is 9.64. The van der Waals surface area contributed by atoms with E-state index < -0.39 is 0 Å². The lowest BCUT2D eigenvalue weighted by Gasteiger charge is -2.38. The van der Waals surface area contributed by atoms with Crippen LogP contribution in [0, 0.1) is 0 Å². The first kappa shape index (κ1) is 23.4. The summed E-state index contributed by atoms with van der Waals surface area (Å²) in [4.78, 5) is 36.5. The molecule has 0 radical (unpaired) electrons. The van der Waals surface area contributed by atoms with E-state index in [1.165, 1.54) is 11.8 Å². The number of amides is 2. The van der Waals surface area contributed by atoms with E-state index in [1.54, 1.807) is 16.8 Å². The van der Waals surface area contributed by atoms with Crippen LogP contribution in [-0.2, 0) is 9.59 Å². The van der Waals surface area contributed by atoms with Crippen LogP contribution in [0.3, 0.4) is 0 Å². The molecule has 2 amide bonds. The number of halogens is 1. The zero-order valence-electron chi connectivity index (χ0n) is 18.7. The fourth-order valence-electron chi connectivity index (χ4n) is 3.78. The molecule has 1 aromatic carbocycles. The van der Waals surface area contributed by atoms with E-state index in [4.69, 9.17) is 16.6 Å². The number of thioether (sulfide) groups is 1. The van der Waals surface area contributed by atoms with Crippen molar-refractivity contribution in [3.8, 4) is 0 Å². The molecule has 0 saturated heterocycles. The third kappa shape index (κ3) is 4.67. The summed E-state index contributed by atoms with van der Waals surface area (Å²) in [6.07, 6.45) is 0.249. The summed E-state index contributed by atoms with van der Waals surface area (Å²) in [7, 11) is 1.80. The van der Waals surface area contributed by atoms with Crippen molar-refractivity contribution in [1.29, 1.82) is 0 Å². The topological polar surface area (TPSA) is 56.2 Å². The molecule has 0 N–H and O–H groups in total. The van der Waals surface area contributed by atoms with Gasteiger partial charge < -0.3 is 14.7 Å². The molecule has 1 atom stereocenters. The van der Waals surface area contributed by atoms with Gasteiger partial charge in [-0.15, -0.1) is 0 Å². The Hall–Kier alpha value is -2.25. The molecule has 0 aliphatic carbocycles. The Morgan fingerprint density at radius 3 is 2.52 bits per heavy atom. The van der Waals surface area contributed by atoms with Gasteiger partial charge in [0.1, 0.15) is 0 Å². The number of benzene rings is 1. The predicted molar refractivity (Wildman–Crippen MR) is 128 cm³/mol. The molecule has 31 heavy (non-hydrogen) atoms. The first-order valence-corrected chi connectivity index (χ1v) is 11.8. The van der Waals surface area contributed by atoms with Crippen LogP contribution < -0.4 is 0 Å². The number of fused-ring (bicyclic) bond motifs is 1. The van der Waals surface area contributed by atoms with Gasteiger partial charge in [-0.3, -0.25) is 9.59 Å². The molecule has 166 valence electrons. The van der Waals surface area contributed by atoms with Crippen molar-refractivity contribution < 1.29 is 9.59 Å². The molecule has 2 aliphatic rings. The number of hydrogen-bond donors (Lipinski definition) is 0. The van der Waals surface area contributed by atoms with Gasteiger partial charge in [0, 0.05) is 37.4 Å². The highest BCUT2D eigenvalue weighted by Crippen LogP contribution is 2.45. The van der Waals surface area contributed by atoms with Gasteiger partial charge in [-0.25, -0.2) is 4.99 Å². The van der Waals surface area contributed by atoms with E-state index in [2.05, 4.69) is 0 Å². The number of hydrogen-bond acceptors (Lipinski definition) is 5. The van der Waals surface area contributed by atoms with Crippen molar-refractivity contribution >= 4 is 40.3 Å². The lowest BCUT2D eigenvalue weighted by molar-refractivity contribution is -0.129. The van der Waals surface area contributed by atoms with Gasteiger partial charge in [0.05, 0.1) is 23.7 Å². The lowest BCUT2D eigenvalue weighted by Crippen LogP contribution is -2.42. The van der Waals surface area contributed by atoms with Crippen LogP contribution in [0.15, 0.2) is 51.6 Å². The maximum Gasteiger partial charge on any atom is 0.254 e. The molecule has 2 aliphatic heterocycles. The largest absolute Gasteiger partial charge is 0.346 e. The highest BCUT2D eigenvalue weighted by atomic mass is 35.5. The van der Waals surface area contributed by atoms with E-state index in [1.807, 2.05) is 62.3 Å². The molecule has 0 saturated carbocycles. The smallest absolute Gasteiger partial charge is 0.254 e. The highest BCUT2D eigenvalue weighted by Gasteiger charge is 2.41. The number of likely N-dealkylation sites (N-methyl/N-ethyl adjacent to an activating group) is 1. The second-order valence-electron chi connectivity index (χ2n) is 7.51. The highest BCUT2D eigenvalue weighted by molar-refractivity contribution is 8.16. The minimum Gasteiger partial charge on any atom is -0.346 e. The number of allylic oxidation sites excluding steroid dienone is 1. The van der Waals surface area contributed by atoms with Crippen molar-refractivity contribution in [3.63, 3.8) is 0 Å². The first-order chi connectivity index (χ1) is 14.8. The van der Waals surface area contributed by atoms with Crippen LogP contribution in [0.25, 0.3) is 0 Å². The molecule has 1 unspecified atom stereocenters. The van der Waals surface area contributed by atoms with Gasteiger partial charge in [0.25, 0.3) is 5.91 Å². The summed E-state index contributed by atoms with van der Waals surface area (Å²) in [5.41, 5.74) is 3.07. The van der Waals surface area contributed by atoms with E-state index in [0.717, 1.165) is 16.4 Å². The van der Waals surface area contributed by atoms with E-state index in [9.17, 15) is 9.59 Å². The van der Waals surface area contributed by atoms with E-state index >= 15 is 0 Å². The monoisotopic (exact) mass is 460 g/mol. The fourth-order valence-corrected chi connectivity index (χ4v) is 4.95. The summed E-state index contributed by atoms with van der Waals surface area (Å²) < 4.78 is 0. The van der Waals surface area contributed by atoms with Gasteiger partial charge in [0.2, 0.25) is 5.91 Å². The zero-order valence-corrected chi connectivity index (χ0v) is 20.3. The number of nitrogens with zero attached hydrogens (tertiary/aromatic N) is 4. The van der Waals surface area contributed by atoms with Crippen LogP contribution in [0.2, 0.25) is 5.02 Å². The van der Waals surface area contributed by atoms with Crippen molar-refractivity contribution in [2.75, 3.05) is 26.7 Å². The molecule has 2 heterocycles. The molecule has 1 aromatic rings. The second kappa shape index (κ2) is 9.92. The van der Waals surface area contributed by atoms with Crippen molar-refractivity contribution in [3.05, 3.63) is 57.2 Å². The average molecular weight is 461 g/mol. The summed E-state index contributed by atoms with van der Waals surface area (Å²) in [5, 5.41) is 3.35. The Balaban J connectivity index is 2.10. The molecular formula is C23H29ClN4O2S. The van der Waals surface area contributed by atoms with Crippen LogP contribution in [-0.4, -0.2) is 58.4 Å². The van der Waals surface area contributed by atoms with Crippen LogP contribution >= 0.6 is 23.4 Å². The SMILES string of the molecule is CCN(C)C(=O)CC1=CSC2=NC(C)=C(C(=O)N(CC)CC)C(c3cccc(Cl)c3)N12. The molecular weight excluding hydrogens is 432 g/mol. The molecule has 3 rings (SSSR count). The maximum absolute atomic E-state index is 13.5. The Bertz CT molecular complexity index is 968. The van der Waals surface area contributed by atoms with Crippen molar-refractivity contribution in [2.45, 2.75) is 40.2 Å². The van der Waals surface area contributed by atoms with E-state index in [0.29, 0.717) is 35.9 Å². The van der Waals surface area contributed by atoms with Crippen LogP contribution in [0.5, 0.6) is 0 Å². The number of carbonyl (C=O) groups is 2.